The Morgan fingerprint density at radius 1 is 1.38 bits per heavy atom. The van der Waals surface area contributed by atoms with E-state index in [-0.39, 0.29) is 40.2 Å². The Bertz CT molecular complexity index is 842. The summed E-state index contributed by atoms with van der Waals surface area (Å²) in [5, 5.41) is 2.80. The van der Waals surface area contributed by atoms with Gasteiger partial charge in [0, 0.05) is 29.2 Å². The highest BCUT2D eigenvalue weighted by atomic mass is 19.1. The first-order valence-corrected chi connectivity index (χ1v) is 8.23. The molecule has 1 aliphatic heterocycles. The van der Waals surface area contributed by atoms with Gasteiger partial charge in [0.15, 0.2) is 5.78 Å². The van der Waals surface area contributed by atoms with Gasteiger partial charge in [0.2, 0.25) is 0 Å². The van der Waals surface area contributed by atoms with Crippen LogP contribution in [0.4, 0.5) is 13.2 Å². The Morgan fingerprint density at radius 3 is 2.73 bits per heavy atom. The molecule has 138 valence electrons. The summed E-state index contributed by atoms with van der Waals surface area (Å²) in [6.07, 6.45) is -1.12. The summed E-state index contributed by atoms with van der Waals surface area (Å²) in [5.74, 6) is -2.93. The zero-order valence-electron chi connectivity index (χ0n) is 14.4. The lowest BCUT2D eigenvalue weighted by molar-refractivity contribution is -0.136. The second-order valence-corrected chi connectivity index (χ2v) is 6.25. The Kier molecular flexibility index (Phi) is 4.89. The number of hydrogen-bond acceptors (Lipinski definition) is 4. The van der Waals surface area contributed by atoms with Gasteiger partial charge in [-0.2, -0.15) is 0 Å². The Morgan fingerprint density at radius 2 is 2.12 bits per heavy atom. The average molecular weight is 365 g/mol. The van der Waals surface area contributed by atoms with E-state index in [0.717, 1.165) is 13.2 Å². The van der Waals surface area contributed by atoms with E-state index >= 15 is 0 Å². The van der Waals surface area contributed by atoms with Crippen LogP contribution in [0, 0.1) is 5.82 Å². The van der Waals surface area contributed by atoms with Crippen molar-refractivity contribution in [2.75, 3.05) is 13.8 Å². The van der Waals surface area contributed by atoms with Crippen molar-refractivity contribution in [1.29, 1.82) is 0 Å². The molecule has 0 amide bonds. The molecular formula is C19H18F3NO3. The van der Waals surface area contributed by atoms with E-state index < -0.39 is 30.6 Å². The average Bonchev–Trinajstić information content (AvgIpc) is 2.99. The predicted molar refractivity (Wildman–Crippen MR) is 88.1 cm³/mol. The zero-order valence-corrected chi connectivity index (χ0v) is 14.4. The van der Waals surface area contributed by atoms with Crippen molar-refractivity contribution in [2.45, 2.75) is 31.9 Å². The van der Waals surface area contributed by atoms with Gasteiger partial charge >= 0.3 is 5.97 Å². The molecule has 1 aromatic rings. The maximum Gasteiger partial charge on any atom is 0.336 e. The third-order valence-corrected chi connectivity index (χ3v) is 4.77. The number of rotatable bonds is 4. The molecule has 26 heavy (non-hydrogen) atoms. The summed E-state index contributed by atoms with van der Waals surface area (Å²) >= 11 is 0. The number of methoxy groups -OCH3 is 1. The van der Waals surface area contributed by atoms with Crippen LogP contribution in [0.3, 0.4) is 0 Å². The maximum atomic E-state index is 14.3. The molecule has 0 saturated carbocycles. The maximum absolute atomic E-state index is 14.3. The Hall–Kier alpha value is -2.57. The van der Waals surface area contributed by atoms with Crippen molar-refractivity contribution >= 4 is 11.8 Å². The summed E-state index contributed by atoms with van der Waals surface area (Å²) in [5.41, 5.74) is 0.451. The monoisotopic (exact) mass is 365 g/mol. The molecule has 2 atom stereocenters. The van der Waals surface area contributed by atoms with Crippen LogP contribution >= 0.6 is 0 Å². The fourth-order valence-electron chi connectivity index (χ4n) is 3.70. The summed E-state index contributed by atoms with van der Waals surface area (Å²) in [7, 11) is 1.13. The van der Waals surface area contributed by atoms with Crippen LogP contribution in [0.5, 0.6) is 0 Å². The summed E-state index contributed by atoms with van der Waals surface area (Å²) in [4.78, 5) is 24.8. The number of allylic oxidation sites excluding steroid dienone is 3. The van der Waals surface area contributed by atoms with Crippen LogP contribution in [-0.2, 0) is 14.3 Å². The molecule has 4 nitrogen and oxygen atoms in total. The van der Waals surface area contributed by atoms with E-state index in [1.54, 1.807) is 0 Å². The van der Waals surface area contributed by atoms with E-state index in [1.807, 2.05) is 0 Å². The molecule has 2 aliphatic rings. The minimum atomic E-state index is -1.67. The van der Waals surface area contributed by atoms with E-state index in [4.69, 9.17) is 4.74 Å². The molecule has 1 aromatic carbocycles. The number of benzene rings is 1. The molecule has 1 N–H and O–H groups in total. The molecule has 0 unspecified atom stereocenters. The van der Waals surface area contributed by atoms with E-state index in [2.05, 4.69) is 5.32 Å². The van der Waals surface area contributed by atoms with Gasteiger partial charge in [-0.25, -0.2) is 18.0 Å². The highest BCUT2D eigenvalue weighted by Gasteiger charge is 2.42. The van der Waals surface area contributed by atoms with Crippen LogP contribution in [0.25, 0.3) is 0 Å². The Labute approximate surface area is 148 Å². The number of ketones is 1. The number of alkyl halides is 2. The molecule has 7 heteroatoms. The number of esters is 1. The fraction of sp³-hybridized carbons (Fsp3) is 0.368. The number of dihydropyridines is 1. The van der Waals surface area contributed by atoms with Crippen LogP contribution in [0.15, 0.2) is 40.7 Å². The smallest absolute Gasteiger partial charge is 0.336 e. The summed E-state index contributed by atoms with van der Waals surface area (Å²) in [6, 6.07) is 3.95. The second-order valence-electron chi connectivity index (χ2n) is 6.25. The first-order chi connectivity index (χ1) is 12.4. The lowest BCUT2D eigenvalue weighted by atomic mass is 9.78. The van der Waals surface area contributed by atoms with Crippen molar-refractivity contribution in [2.24, 2.45) is 0 Å². The SMILES string of the molecule is COC(=O)C1=C(CF)NC2=C(C(=O)CC2)[C@H]1c1cccc(F)c1[C@H](C)F. The Balaban J connectivity index is 2.31. The van der Waals surface area contributed by atoms with Crippen LogP contribution in [-0.4, -0.2) is 25.5 Å². The second kappa shape index (κ2) is 6.97. The molecule has 0 saturated heterocycles. The third-order valence-electron chi connectivity index (χ3n) is 4.77. The van der Waals surface area contributed by atoms with Gasteiger partial charge in [0.25, 0.3) is 0 Å². The van der Waals surface area contributed by atoms with Crippen molar-refractivity contribution < 1.29 is 27.5 Å². The molecule has 1 heterocycles. The van der Waals surface area contributed by atoms with Crippen LogP contribution in [0.1, 0.15) is 43.0 Å². The van der Waals surface area contributed by atoms with Gasteiger partial charge in [-0.05, 0) is 25.0 Å². The van der Waals surface area contributed by atoms with Crippen LogP contribution < -0.4 is 5.32 Å². The topological polar surface area (TPSA) is 55.4 Å². The molecule has 0 radical (unpaired) electrons. The molecule has 0 bridgehead atoms. The van der Waals surface area contributed by atoms with Crippen molar-refractivity contribution in [1.82, 2.24) is 5.32 Å². The van der Waals surface area contributed by atoms with Gasteiger partial charge < -0.3 is 10.1 Å². The van der Waals surface area contributed by atoms with Gasteiger partial charge in [0.05, 0.1) is 18.4 Å². The normalized spacial score (nSPS) is 20.8. The lowest BCUT2D eigenvalue weighted by Gasteiger charge is -2.30. The summed E-state index contributed by atoms with van der Waals surface area (Å²) in [6.45, 7) is 0.175. The summed E-state index contributed by atoms with van der Waals surface area (Å²) < 4.78 is 46.9. The fourth-order valence-corrected chi connectivity index (χ4v) is 3.70. The molecule has 0 aromatic heterocycles. The first-order valence-electron chi connectivity index (χ1n) is 8.23. The number of carbonyl (C=O) groups excluding carboxylic acids is 2. The molecule has 0 fully saturated rings. The number of ether oxygens (including phenoxy) is 1. The standard InChI is InChI=1S/C19H18F3NO3/c1-9(21)15-10(4-3-5-11(15)22)16-17-12(6-7-14(17)24)23-13(8-20)18(16)19(25)26-2/h3-5,9,16,23H,6-8H2,1-2H3/t9-,16+/m0/s1. The number of halogens is 3. The highest BCUT2D eigenvalue weighted by molar-refractivity contribution is 6.05. The van der Waals surface area contributed by atoms with E-state index in [0.29, 0.717) is 12.1 Å². The first kappa shape index (κ1) is 18.2. The number of nitrogens with one attached hydrogen (secondary N) is 1. The highest BCUT2D eigenvalue weighted by Crippen LogP contribution is 2.46. The largest absolute Gasteiger partial charge is 0.466 e. The van der Waals surface area contributed by atoms with Gasteiger partial charge in [-0.1, -0.05) is 12.1 Å². The van der Waals surface area contributed by atoms with Crippen molar-refractivity contribution in [3.63, 3.8) is 0 Å². The lowest BCUT2D eigenvalue weighted by Crippen LogP contribution is -2.32. The van der Waals surface area contributed by atoms with Crippen molar-refractivity contribution in [3.05, 3.63) is 57.7 Å². The number of hydrogen-bond donors (Lipinski definition) is 1. The van der Waals surface area contributed by atoms with Crippen molar-refractivity contribution in [3.8, 4) is 0 Å². The predicted octanol–water partition coefficient (Wildman–Crippen LogP) is 3.56. The molecule has 0 spiro atoms. The zero-order chi connectivity index (χ0) is 19.0. The quantitative estimate of drug-likeness (QED) is 0.829. The number of Topliss-reactive ketones (excluding diaryl/α,β-unsaturated/α-hetero) is 1. The minimum Gasteiger partial charge on any atom is -0.466 e. The third kappa shape index (κ3) is 2.81. The minimum absolute atomic E-state index is 0.0444. The number of carbonyl (C=O) groups is 2. The molecular weight excluding hydrogens is 347 g/mol. The van der Waals surface area contributed by atoms with E-state index in [1.165, 1.54) is 19.1 Å². The van der Waals surface area contributed by atoms with Gasteiger partial charge in [-0.3, -0.25) is 4.79 Å². The molecule has 3 rings (SSSR count). The van der Waals surface area contributed by atoms with Crippen LogP contribution in [0.2, 0.25) is 0 Å². The van der Waals surface area contributed by atoms with Gasteiger partial charge in [-0.15, -0.1) is 0 Å². The molecule has 1 aliphatic carbocycles. The van der Waals surface area contributed by atoms with Gasteiger partial charge in [0.1, 0.15) is 18.7 Å². The van der Waals surface area contributed by atoms with E-state index in [9.17, 15) is 22.8 Å².